The van der Waals surface area contributed by atoms with E-state index in [9.17, 15) is 5.11 Å². The minimum atomic E-state index is -0.627. The Labute approximate surface area is 79.3 Å². The largest absolute Gasteiger partial charge is 0.384 e. The zero-order chi connectivity index (χ0) is 9.53. The summed E-state index contributed by atoms with van der Waals surface area (Å²) in [6.45, 7) is 3.76. The van der Waals surface area contributed by atoms with Crippen molar-refractivity contribution in [1.29, 1.82) is 0 Å². The molecule has 0 amide bonds. The molecule has 1 aliphatic heterocycles. The lowest BCUT2D eigenvalue weighted by molar-refractivity contribution is -0.246. The van der Waals surface area contributed by atoms with Crippen molar-refractivity contribution in [1.82, 2.24) is 0 Å². The van der Waals surface area contributed by atoms with E-state index in [0.717, 1.165) is 6.42 Å². The maximum absolute atomic E-state index is 10.3. The molecule has 76 valence electrons. The molecule has 3 nitrogen and oxygen atoms in total. The Morgan fingerprint density at radius 3 is 2.54 bits per heavy atom. The smallest absolute Gasteiger partial charge is 0.118 e. The van der Waals surface area contributed by atoms with Gasteiger partial charge in [0.05, 0.1) is 13.2 Å². The van der Waals surface area contributed by atoms with Gasteiger partial charge in [-0.25, -0.2) is 0 Å². The Hall–Kier alpha value is -0.120. The van der Waals surface area contributed by atoms with Crippen LogP contribution in [0.25, 0.3) is 0 Å². The molecular weight excluding hydrogens is 166 g/mol. The molecule has 2 rings (SSSR count). The molecule has 2 aliphatic rings. The van der Waals surface area contributed by atoms with E-state index < -0.39 is 5.60 Å². The molecule has 0 spiro atoms. The van der Waals surface area contributed by atoms with Crippen LogP contribution in [0.15, 0.2) is 0 Å². The average molecular weight is 185 g/mol. The van der Waals surface area contributed by atoms with Crippen LogP contribution in [0, 0.1) is 11.3 Å². The Morgan fingerprint density at radius 2 is 2.23 bits per heavy atom. The highest BCUT2D eigenvalue weighted by Gasteiger charge is 2.58. The lowest BCUT2D eigenvalue weighted by Gasteiger charge is -2.52. The van der Waals surface area contributed by atoms with Gasteiger partial charge in [0.2, 0.25) is 0 Å². The summed E-state index contributed by atoms with van der Waals surface area (Å²) in [7, 11) is 0. The van der Waals surface area contributed by atoms with Crippen LogP contribution < -0.4 is 5.73 Å². The first kappa shape index (κ1) is 9.44. The Balaban J connectivity index is 2.23. The van der Waals surface area contributed by atoms with Crippen LogP contribution in [-0.4, -0.2) is 30.5 Å². The standard InChI is InChI=1S/C10H19NO2/c1-8-3-2-4-9(8,5-11)10(12)6-13-7-10/h8,12H,2-7,11H2,1H3. The molecule has 1 saturated heterocycles. The lowest BCUT2D eigenvalue weighted by atomic mass is 9.64. The third kappa shape index (κ3) is 1.07. The second-order valence-electron chi connectivity index (χ2n) is 4.68. The van der Waals surface area contributed by atoms with Gasteiger partial charge in [0.25, 0.3) is 0 Å². The van der Waals surface area contributed by atoms with Gasteiger partial charge >= 0.3 is 0 Å². The fourth-order valence-corrected chi connectivity index (χ4v) is 3.01. The number of hydrogen-bond acceptors (Lipinski definition) is 3. The summed E-state index contributed by atoms with van der Waals surface area (Å²) in [5.74, 6) is 0.534. The maximum Gasteiger partial charge on any atom is 0.118 e. The number of nitrogens with two attached hydrogens (primary N) is 1. The fourth-order valence-electron chi connectivity index (χ4n) is 3.01. The van der Waals surface area contributed by atoms with Crippen LogP contribution in [0.2, 0.25) is 0 Å². The maximum atomic E-state index is 10.3. The van der Waals surface area contributed by atoms with Crippen molar-refractivity contribution in [2.24, 2.45) is 17.1 Å². The van der Waals surface area contributed by atoms with Crippen LogP contribution in [0.1, 0.15) is 26.2 Å². The highest BCUT2D eigenvalue weighted by Crippen LogP contribution is 2.52. The summed E-state index contributed by atoms with van der Waals surface area (Å²) in [5, 5.41) is 10.3. The summed E-state index contributed by atoms with van der Waals surface area (Å²) in [6.07, 6.45) is 3.45. The van der Waals surface area contributed by atoms with E-state index >= 15 is 0 Å². The molecule has 13 heavy (non-hydrogen) atoms. The van der Waals surface area contributed by atoms with Gasteiger partial charge in [-0.3, -0.25) is 0 Å². The number of rotatable bonds is 2. The van der Waals surface area contributed by atoms with Gasteiger partial charge in [-0.15, -0.1) is 0 Å². The van der Waals surface area contributed by atoms with E-state index in [0.29, 0.717) is 25.7 Å². The van der Waals surface area contributed by atoms with Crippen molar-refractivity contribution in [3.05, 3.63) is 0 Å². The van der Waals surface area contributed by atoms with E-state index in [1.165, 1.54) is 12.8 Å². The SMILES string of the molecule is CC1CCCC1(CN)C1(O)COC1. The van der Waals surface area contributed by atoms with Gasteiger partial charge in [-0.05, 0) is 18.8 Å². The zero-order valence-electron chi connectivity index (χ0n) is 8.25. The highest BCUT2D eigenvalue weighted by atomic mass is 16.5. The lowest BCUT2D eigenvalue weighted by Crippen LogP contribution is -2.65. The monoisotopic (exact) mass is 185 g/mol. The quantitative estimate of drug-likeness (QED) is 0.659. The second kappa shape index (κ2) is 2.94. The molecule has 2 atom stereocenters. The van der Waals surface area contributed by atoms with E-state index in [4.69, 9.17) is 10.5 Å². The molecule has 1 heterocycles. The normalized spacial score (nSPS) is 43.2. The predicted octanol–water partition coefficient (Wildman–Crippen LogP) is 0.513. The molecule has 2 fully saturated rings. The average Bonchev–Trinajstić information content (AvgIpc) is 2.44. The van der Waals surface area contributed by atoms with Crippen molar-refractivity contribution in [3.63, 3.8) is 0 Å². The summed E-state index contributed by atoms with van der Waals surface area (Å²) >= 11 is 0. The van der Waals surface area contributed by atoms with Gasteiger partial charge in [-0.1, -0.05) is 13.3 Å². The molecule has 0 aromatic heterocycles. The first-order valence-electron chi connectivity index (χ1n) is 5.15. The van der Waals surface area contributed by atoms with Gasteiger partial charge < -0.3 is 15.6 Å². The Bertz CT molecular complexity index is 203. The van der Waals surface area contributed by atoms with Crippen molar-refractivity contribution >= 4 is 0 Å². The molecule has 0 bridgehead atoms. The predicted molar refractivity (Wildman–Crippen MR) is 50.3 cm³/mol. The van der Waals surface area contributed by atoms with Crippen molar-refractivity contribution in [3.8, 4) is 0 Å². The Morgan fingerprint density at radius 1 is 1.54 bits per heavy atom. The topological polar surface area (TPSA) is 55.5 Å². The number of hydrogen-bond donors (Lipinski definition) is 2. The molecule has 1 saturated carbocycles. The molecule has 2 unspecified atom stereocenters. The van der Waals surface area contributed by atoms with Crippen LogP contribution in [0.5, 0.6) is 0 Å². The van der Waals surface area contributed by atoms with E-state index in [-0.39, 0.29) is 5.41 Å². The zero-order valence-corrected chi connectivity index (χ0v) is 8.25. The van der Waals surface area contributed by atoms with Crippen molar-refractivity contribution < 1.29 is 9.84 Å². The van der Waals surface area contributed by atoms with Crippen LogP contribution in [0.3, 0.4) is 0 Å². The number of ether oxygens (including phenoxy) is 1. The third-order valence-corrected chi connectivity index (χ3v) is 4.18. The molecule has 3 N–H and O–H groups in total. The van der Waals surface area contributed by atoms with E-state index in [1.54, 1.807) is 0 Å². The molecular formula is C10H19NO2. The summed E-state index contributed by atoms with van der Waals surface area (Å²) < 4.78 is 5.12. The number of aliphatic hydroxyl groups is 1. The third-order valence-electron chi connectivity index (χ3n) is 4.18. The summed E-state index contributed by atoms with van der Waals surface area (Å²) in [4.78, 5) is 0. The molecule has 3 heteroatoms. The van der Waals surface area contributed by atoms with Gasteiger partial charge in [-0.2, -0.15) is 0 Å². The molecule has 0 aromatic rings. The van der Waals surface area contributed by atoms with Gasteiger partial charge in [0.15, 0.2) is 0 Å². The molecule has 1 aliphatic carbocycles. The first-order valence-corrected chi connectivity index (χ1v) is 5.15. The second-order valence-corrected chi connectivity index (χ2v) is 4.68. The van der Waals surface area contributed by atoms with Crippen molar-refractivity contribution in [2.75, 3.05) is 19.8 Å². The van der Waals surface area contributed by atoms with Crippen LogP contribution >= 0.6 is 0 Å². The highest BCUT2D eigenvalue weighted by molar-refractivity contribution is 5.08. The van der Waals surface area contributed by atoms with Gasteiger partial charge in [0.1, 0.15) is 5.60 Å². The van der Waals surface area contributed by atoms with E-state index in [1.807, 2.05) is 0 Å². The van der Waals surface area contributed by atoms with Crippen molar-refractivity contribution in [2.45, 2.75) is 31.8 Å². The fraction of sp³-hybridized carbons (Fsp3) is 1.00. The van der Waals surface area contributed by atoms with Gasteiger partial charge in [0, 0.05) is 12.0 Å². The molecule has 0 radical (unpaired) electrons. The minimum Gasteiger partial charge on any atom is -0.384 e. The molecule has 0 aromatic carbocycles. The summed E-state index contributed by atoms with van der Waals surface area (Å²) in [5.41, 5.74) is 5.15. The first-order chi connectivity index (χ1) is 6.15. The van der Waals surface area contributed by atoms with Crippen LogP contribution in [-0.2, 0) is 4.74 Å². The van der Waals surface area contributed by atoms with E-state index in [2.05, 4.69) is 6.92 Å². The van der Waals surface area contributed by atoms with Crippen LogP contribution in [0.4, 0.5) is 0 Å². The Kier molecular flexibility index (Phi) is 2.13. The minimum absolute atomic E-state index is 0.0642. The summed E-state index contributed by atoms with van der Waals surface area (Å²) in [6, 6.07) is 0.